The van der Waals surface area contributed by atoms with E-state index in [2.05, 4.69) is 48.5 Å². The van der Waals surface area contributed by atoms with Crippen molar-refractivity contribution in [2.75, 3.05) is 11.4 Å². The number of para-hydroxylation sites is 1. The third-order valence-electron chi connectivity index (χ3n) is 8.15. The molecule has 172 valence electrons. The summed E-state index contributed by atoms with van der Waals surface area (Å²) in [5.74, 6) is -0.340. The summed E-state index contributed by atoms with van der Waals surface area (Å²) in [4.78, 5) is 29.2. The first kappa shape index (κ1) is 21.2. The third kappa shape index (κ3) is 2.91. The van der Waals surface area contributed by atoms with Crippen LogP contribution in [0.15, 0.2) is 78.9 Å². The van der Waals surface area contributed by atoms with Crippen LogP contribution in [0.25, 0.3) is 0 Å². The van der Waals surface area contributed by atoms with E-state index >= 15 is 0 Å². The van der Waals surface area contributed by atoms with Crippen LogP contribution in [0.3, 0.4) is 0 Å². The highest BCUT2D eigenvalue weighted by atomic mass is 16.6. The van der Waals surface area contributed by atoms with E-state index in [4.69, 9.17) is 4.74 Å². The summed E-state index contributed by atoms with van der Waals surface area (Å²) in [7, 11) is 0. The molecule has 3 aliphatic carbocycles. The summed E-state index contributed by atoms with van der Waals surface area (Å²) in [6.45, 7) is 6.56. The van der Waals surface area contributed by atoms with Crippen LogP contribution >= 0.6 is 0 Å². The van der Waals surface area contributed by atoms with Gasteiger partial charge in [-0.1, -0.05) is 80.6 Å². The zero-order valence-corrected chi connectivity index (χ0v) is 19.8. The molecule has 1 fully saturated rings. The molecule has 1 saturated heterocycles. The van der Waals surface area contributed by atoms with Crippen LogP contribution in [0.5, 0.6) is 0 Å². The van der Waals surface area contributed by atoms with Crippen molar-refractivity contribution in [2.45, 2.75) is 45.1 Å². The molecule has 7 rings (SSSR count). The normalized spacial score (nSPS) is 28.4. The molecule has 2 bridgehead atoms. The summed E-state index contributed by atoms with van der Waals surface area (Å²) < 4.78 is 6.19. The molecule has 1 amide bonds. The lowest BCUT2D eigenvalue weighted by atomic mass is 9.52. The fraction of sp³-hybridized carbons (Fsp3) is 0.333. The van der Waals surface area contributed by atoms with E-state index in [9.17, 15) is 9.59 Å². The quantitative estimate of drug-likeness (QED) is 0.483. The number of ether oxygens (including phenoxy) is 1. The Hall–Kier alpha value is -3.40. The lowest BCUT2D eigenvalue weighted by Gasteiger charge is -2.50. The zero-order valence-electron chi connectivity index (χ0n) is 19.8. The van der Waals surface area contributed by atoms with E-state index in [0.29, 0.717) is 13.0 Å². The maximum atomic E-state index is 14.0. The number of carbonyl (C=O) groups is 2. The van der Waals surface area contributed by atoms with Crippen molar-refractivity contribution in [1.82, 2.24) is 0 Å². The second kappa shape index (κ2) is 7.30. The van der Waals surface area contributed by atoms with Crippen molar-refractivity contribution in [2.24, 2.45) is 10.8 Å². The molecule has 3 aromatic carbocycles. The third-order valence-corrected chi connectivity index (χ3v) is 8.15. The average molecular weight is 452 g/mol. The number of hydrogen-bond donors (Lipinski definition) is 0. The van der Waals surface area contributed by atoms with Crippen LogP contribution in [0.2, 0.25) is 0 Å². The van der Waals surface area contributed by atoms with E-state index in [1.165, 1.54) is 22.3 Å². The fourth-order valence-electron chi connectivity index (χ4n) is 6.49. The molecule has 4 nitrogen and oxygen atoms in total. The molecule has 1 heterocycles. The van der Waals surface area contributed by atoms with Gasteiger partial charge in [-0.25, -0.2) is 0 Å². The van der Waals surface area contributed by atoms with Crippen LogP contribution in [-0.2, 0) is 14.3 Å². The highest BCUT2D eigenvalue weighted by molar-refractivity contribution is 6.01. The van der Waals surface area contributed by atoms with E-state index in [0.717, 1.165) is 5.69 Å². The zero-order chi connectivity index (χ0) is 23.7. The molecule has 1 aliphatic heterocycles. The van der Waals surface area contributed by atoms with Gasteiger partial charge in [0.1, 0.15) is 0 Å². The molecule has 4 heteroatoms. The van der Waals surface area contributed by atoms with Gasteiger partial charge in [0.2, 0.25) is 0 Å². The first-order valence-electron chi connectivity index (χ1n) is 12.1. The lowest BCUT2D eigenvalue weighted by Crippen LogP contribution is -2.48. The summed E-state index contributed by atoms with van der Waals surface area (Å²) in [6.07, 6.45) is -0.114. The molecule has 0 aromatic heterocycles. The Bertz CT molecular complexity index is 1250. The molecule has 3 aromatic rings. The molecule has 0 radical (unpaired) electrons. The number of anilines is 1. The SMILES string of the molecule is CC1(C)CN(c2ccccc2)C(=O)[C@H]1OC(=O)[C@@]1(C)CC2c3ccccc3C1c1ccccc12. The molecule has 0 N–H and O–H groups in total. The predicted octanol–water partition coefficient (Wildman–Crippen LogP) is 5.66. The van der Waals surface area contributed by atoms with Crippen LogP contribution < -0.4 is 4.90 Å². The van der Waals surface area contributed by atoms with Crippen LogP contribution in [0.4, 0.5) is 5.69 Å². The van der Waals surface area contributed by atoms with Gasteiger partial charge in [0.05, 0.1) is 5.41 Å². The topological polar surface area (TPSA) is 46.6 Å². The van der Waals surface area contributed by atoms with Crippen LogP contribution in [0, 0.1) is 10.8 Å². The van der Waals surface area contributed by atoms with Gasteiger partial charge in [0, 0.05) is 29.5 Å². The Labute approximate surface area is 200 Å². The van der Waals surface area contributed by atoms with Gasteiger partial charge in [-0.2, -0.15) is 0 Å². The van der Waals surface area contributed by atoms with Crippen molar-refractivity contribution in [1.29, 1.82) is 0 Å². The molecule has 0 spiro atoms. The second-order valence-corrected chi connectivity index (χ2v) is 10.9. The average Bonchev–Trinajstić information content (AvgIpc) is 3.08. The van der Waals surface area contributed by atoms with E-state index in [1.807, 2.05) is 51.1 Å². The Morgan fingerprint density at radius 1 is 0.824 bits per heavy atom. The molecule has 0 unspecified atom stereocenters. The van der Waals surface area contributed by atoms with Gasteiger partial charge >= 0.3 is 5.97 Å². The lowest BCUT2D eigenvalue weighted by molar-refractivity contribution is -0.170. The minimum Gasteiger partial charge on any atom is -0.451 e. The van der Waals surface area contributed by atoms with Crippen LogP contribution in [-0.4, -0.2) is 24.5 Å². The van der Waals surface area contributed by atoms with Crippen LogP contribution in [0.1, 0.15) is 61.3 Å². The Morgan fingerprint density at radius 3 is 1.94 bits per heavy atom. The Balaban J connectivity index is 1.35. The van der Waals surface area contributed by atoms with Gasteiger partial charge < -0.3 is 9.64 Å². The van der Waals surface area contributed by atoms with Gasteiger partial charge in [-0.3, -0.25) is 9.59 Å². The highest BCUT2D eigenvalue weighted by Crippen LogP contribution is 2.61. The van der Waals surface area contributed by atoms with Crippen molar-refractivity contribution < 1.29 is 14.3 Å². The fourth-order valence-corrected chi connectivity index (χ4v) is 6.49. The van der Waals surface area contributed by atoms with Gasteiger partial charge in [0.15, 0.2) is 6.10 Å². The first-order chi connectivity index (χ1) is 16.3. The van der Waals surface area contributed by atoms with E-state index in [-0.39, 0.29) is 23.7 Å². The molecule has 34 heavy (non-hydrogen) atoms. The first-order valence-corrected chi connectivity index (χ1v) is 12.1. The van der Waals surface area contributed by atoms with Gasteiger partial charge in [-0.15, -0.1) is 0 Å². The summed E-state index contributed by atoms with van der Waals surface area (Å²) in [5, 5.41) is 0. The molecule has 2 atom stereocenters. The number of nitrogens with zero attached hydrogens (tertiary/aromatic N) is 1. The van der Waals surface area contributed by atoms with E-state index in [1.54, 1.807) is 4.90 Å². The standard InChI is InChI=1S/C30H29NO3/c1-29(2)18-31(19-11-5-4-6-12-19)27(32)26(29)34-28(33)30(3)17-24-20-13-7-9-15-22(20)25(30)23-16-10-8-14-21(23)24/h4-16,24-26H,17-18H2,1-3H3/t24?,25?,26-,30+/m1/s1. The van der Waals surface area contributed by atoms with Crippen molar-refractivity contribution in [3.8, 4) is 0 Å². The number of amides is 1. The number of rotatable bonds is 3. The maximum absolute atomic E-state index is 14.0. The summed E-state index contributed by atoms with van der Waals surface area (Å²) in [6, 6.07) is 26.6. The van der Waals surface area contributed by atoms with Crippen molar-refractivity contribution >= 4 is 17.6 Å². The predicted molar refractivity (Wildman–Crippen MR) is 132 cm³/mol. The molecule has 4 aliphatic rings. The minimum absolute atomic E-state index is 0.0813. The van der Waals surface area contributed by atoms with Gasteiger partial charge in [-0.05, 0) is 47.7 Å². The van der Waals surface area contributed by atoms with E-state index < -0.39 is 16.9 Å². The summed E-state index contributed by atoms with van der Waals surface area (Å²) >= 11 is 0. The number of fused-ring (bicyclic) bond motifs is 1. The van der Waals surface area contributed by atoms with Gasteiger partial charge in [0.25, 0.3) is 5.91 Å². The number of benzene rings is 3. The summed E-state index contributed by atoms with van der Waals surface area (Å²) in [5.41, 5.74) is 4.66. The number of carbonyl (C=O) groups excluding carboxylic acids is 2. The maximum Gasteiger partial charge on any atom is 0.313 e. The molecule has 0 saturated carbocycles. The van der Waals surface area contributed by atoms with Crippen molar-refractivity contribution in [3.63, 3.8) is 0 Å². The van der Waals surface area contributed by atoms with Crippen molar-refractivity contribution in [3.05, 3.63) is 101 Å². The smallest absolute Gasteiger partial charge is 0.313 e. The highest BCUT2D eigenvalue weighted by Gasteiger charge is 2.57. The Kier molecular flexibility index (Phi) is 4.54. The Morgan fingerprint density at radius 2 is 1.35 bits per heavy atom. The molecular weight excluding hydrogens is 422 g/mol. The minimum atomic E-state index is -0.803. The monoisotopic (exact) mass is 451 g/mol. The second-order valence-electron chi connectivity index (χ2n) is 10.9. The molecular formula is C30H29NO3. The number of hydrogen-bond acceptors (Lipinski definition) is 3. The largest absolute Gasteiger partial charge is 0.451 e. The number of esters is 1.